The van der Waals surface area contributed by atoms with E-state index in [1.807, 2.05) is 0 Å². The van der Waals surface area contributed by atoms with E-state index < -0.39 is 34.4 Å². The van der Waals surface area contributed by atoms with Gasteiger partial charge in [-0.1, -0.05) is 12.1 Å². The second-order valence-corrected chi connectivity index (χ2v) is 7.93. The molecule has 1 N–H and O–H groups in total. The highest BCUT2D eigenvalue weighted by molar-refractivity contribution is 7.90. The molecule has 28 heavy (non-hydrogen) atoms. The quantitative estimate of drug-likeness (QED) is 0.705. The van der Waals surface area contributed by atoms with Crippen molar-refractivity contribution in [3.63, 3.8) is 0 Å². The summed E-state index contributed by atoms with van der Waals surface area (Å²) in [6.45, 7) is -0.639. The average Bonchev–Trinajstić information content (AvgIpc) is 2.66. The molecule has 0 saturated carbocycles. The number of esters is 1. The summed E-state index contributed by atoms with van der Waals surface area (Å²) in [5.41, 5.74) is 0.393. The van der Waals surface area contributed by atoms with Crippen molar-refractivity contribution in [3.8, 4) is 0 Å². The van der Waals surface area contributed by atoms with E-state index in [4.69, 9.17) is 0 Å². The van der Waals surface area contributed by atoms with Crippen molar-refractivity contribution in [1.82, 2.24) is 4.31 Å². The van der Waals surface area contributed by atoms with E-state index in [9.17, 15) is 22.4 Å². The fourth-order valence-corrected chi connectivity index (χ4v) is 3.35. The Morgan fingerprint density at radius 2 is 1.68 bits per heavy atom. The Kier molecular flexibility index (Phi) is 6.71. The average molecular weight is 409 g/mol. The van der Waals surface area contributed by atoms with Crippen LogP contribution in [0.25, 0.3) is 0 Å². The highest BCUT2D eigenvalue weighted by Gasteiger charge is 2.29. The maximum absolute atomic E-state index is 14.2. The molecule has 0 saturated heterocycles. The van der Waals surface area contributed by atoms with Crippen molar-refractivity contribution in [1.29, 1.82) is 0 Å². The molecule has 0 aliphatic rings. The van der Waals surface area contributed by atoms with Crippen molar-refractivity contribution in [2.45, 2.75) is 0 Å². The van der Waals surface area contributed by atoms with E-state index in [2.05, 4.69) is 10.1 Å². The lowest BCUT2D eigenvalue weighted by Gasteiger charge is -2.27. The first kappa shape index (κ1) is 21.3. The van der Waals surface area contributed by atoms with Crippen LogP contribution in [0.3, 0.4) is 0 Å². The van der Waals surface area contributed by atoms with E-state index in [1.54, 1.807) is 0 Å². The number of nitrogens with zero attached hydrogens (tertiary/aromatic N) is 2. The van der Waals surface area contributed by atoms with Crippen LogP contribution < -0.4 is 9.62 Å². The van der Waals surface area contributed by atoms with Gasteiger partial charge in [-0.25, -0.2) is 13.5 Å². The molecule has 0 heterocycles. The highest BCUT2D eigenvalue weighted by Crippen LogP contribution is 2.23. The number of para-hydroxylation sites is 1. The van der Waals surface area contributed by atoms with Crippen molar-refractivity contribution in [2.24, 2.45) is 0 Å². The summed E-state index contributed by atoms with van der Waals surface area (Å²) in [6.07, 6.45) is 0. The number of halogens is 1. The molecular formula is C18H20FN3O5S. The Morgan fingerprint density at radius 1 is 1.07 bits per heavy atom. The van der Waals surface area contributed by atoms with Gasteiger partial charge in [0.2, 0.25) is 5.91 Å². The molecule has 8 nitrogen and oxygen atoms in total. The summed E-state index contributed by atoms with van der Waals surface area (Å²) in [7, 11) is -0.299. The molecule has 0 bridgehead atoms. The summed E-state index contributed by atoms with van der Waals surface area (Å²) in [4.78, 5) is 23.8. The van der Waals surface area contributed by atoms with Crippen LogP contribution in [0.5, 0.6) is 0 Å². The van der Waals surface area contributed by atoms with Crippen LogP contribution in [0.1, 0.15) is 10.4 Å². The number of carbonyl (C=O) groups excluding carboxylic acids is 2. The molecule has 0 atom stereocenters. The van der Waals surface area contributed by atoms with Gasteiger partial charge in [0.15, 0.2) is 0 Å². The van der Waals surface area contributed by atoms with Gasteiger partial charge in [-0.2, -0.15) is 12.7 Å². The number of carbonyl (C=O) groups is 2. The minimum atomic E-state index is -4.12. The Hall–Kier alpha value is -2.98. The second kappa shape index (κ2) is 8.81. The lowest BCUT2D eigenvalue weighted by Crippen LogP contribution is -2.44. The molecule has 2 aromatic rings. The fourth-order valence-electron chi connectivity index (χ4n) is 2.28. The van der Waals surface area contributed by atoms with Gasteiger partial charge in [0.05, 0.1) is 18.4 Å². The molecule has 150 valence electrons. The number of hydrogen-bond donors (Lipinski definition) is 1. The third-order valence-electron chi connectivity index (χ3n) is 3.74. The third kappa shape index (κ3) is 4.84. The Balaban J connectivity index is 2.24. The van der Waals surface area contributed by atoms with Crippen molar-refractivity contribution in [2.75, 3.05) is 37.4 Å². The molecule has 0 aliphatic carbocycles. The Morgan fingerprint density at radius 3 is 2.21 bits per heavy atom. The van der Waals surface area contributed by atoms with Crippen molar-refractivity contribution in [3.05, 3.63) is 59.9 Å². The second-order valence-electron chi connectivity index (χ2n) is 5.87. The number of benzene rings is 2. The van der Waals surface area contributed by atoms with Crippen LogP contribution in [0.4, 0.5) is 15.8 Å². The van der Waals surface area contributed by atoms with Gasteiger partial charge in [0.25, 0.3) is 0 Å². The number of ether oxygens (including phenoxy) is 1. The Bertz CT molecular complexity index is 961. The van der Waals surface area contributed by atoms with Gasteiger partial charge in [0.1, 0.15) is 12.4 Å². The van der Waals surface area contributed by atoms with Crippen molar-refractivity contribution >= 4 is 33.5 Å². The molecule has 1 amide bonds. The van der Waals surface area contributed by atoms with Gasteiger partial charge in [-0.3, -0.25) is 4.79 Å². The molecule has 2 aromatic carbocycles. The van der Waals surface area contributed by atoms with Crippen molar-refractivity contribution < 1.29 is 27.1 Å². The topological polar surface area (TPSA) is 96.0 Å². The van der Waals surface area contributed by atoms with Crippen LogP contribution in [-0.4, -0.2) is 52.3 Å². The first-order valence-corrected chi connectivity index (χ1v) is 9.49. The first-order chi connectivity index (χ1) is 13.2. The lowest BCUT2D eigenvalue weighted by atomic mass is 10.2. The van der Waals surface area contributed by atoms with Crippen LogP contribution in [0.2, 0.25) is 0 Å². The normalized spacial score (nSPS) is 11.2. The van der Waals surface area contributed by atoms with Gasteiger partial charge < -0.3 is 10.1 Å². The summed E-state index contributed by atoms with van der Waals surface area (Å²) in [5.74, 6) is -1.98. The Labute approximate surface area is 162 Å². The number of nitrogens with one attached hydrogen (secondary N) is 1. The highest BCUT2D eigenvalue weighted by atomic mass is 32.2. The summed E-state index contributed by atoms with van der Waals surface area (Å²) in [5, 5.41) is 2.52. The molecule has 10 heteroatoms. The van der Waals surface area contributed by atoms with E-state index in [-0.39, 0.29) is 5.69 Å². The number of anilines is 2. The minimum absolute atomic E-state index is 0.243. The fraction of sp³-hybridized carbons (Fsp3) is 0.222. The lowest BCUT2D eigenvalue weighted by molar-refractivity contribution is -0.114. The number of methoxy groups -OCH3 is 1. The summed E-state index contributed by atoms with van der Waals surface area (Å²) in [6, 6.07) is 11.1. The maximum atomic E-state index is 14.2. The van der Waals surface area contributed by atoms with Crippen LogP contribution in [0.15, 0.2) is 48.5 Å². The van der Waals surface area contributed by atoms with E-state index in [0.29, 0.717) is 15.6 Å². The summed E-state index contributed by atoms with van der Waals surface area (Å²) < 4.78 is 45.5. The number of rotatable bonds is 7. The SMILES string of the molecule is COC(=O)c1ccc(NC(=O)CN(c2ccccc2F)S(=O)(=O)N(C)C)cc1. The maximum Gasteiger partial charge on any atom is 0.337 e. The van der Waals surface area contributed by atoms with Crippen LogP contribution in [-0.2, 0) is 19.7 Å². The number of amides is 1. The van der Waals surface area contributed by atoms with E-state index >= 15 is 0 Å². The summed E-state index contributed by atoms with van der Waals surface area (Å²) >= 11 is 0. The monoisotopic (exact) mass is 409 g/mol. The molecule has 0 fully saturated rings. The van der Waals surface area contributed by atoms with Crippen LogP contribution >= 0.6 is 0 Å². The standard InChI is InChI=1S/C18H20FN3O5S/c1-21(2)28(25,26)22(16-7-5-4-6-15(16)19)12-17(23)20-14-10-8-13(9-11-14)18(24)27-3/h4-11H,12H2,1-3H3,(H,20,23). The van der Waals surface area contributed by atoms with E-state index in [0.717, 1.165) is 10.4 Å². The predicted octanol–water partition coefficient (Wildman–Crippen LogP) is 1.86. The zero-order valence-electron chi connectivity index (χ0n) is 15.5. The largest absolute Gasteiger partial charge is 0.465 e. The molecule has 0 radical (unpaired) electrons. The molecule has 0 aliphatic heterocycles. The smallest absolute Gasteiger partial charge is 0.337 e. The first-order valence-electron chi connectivity index (χ1n) is 8.09. The minimum Gasteiger partial charge on any atom is -0.465 e. The van der Waals surface area contributed by atoms with E-state index in [1.165, 1.54) is 63.7 Å². The van der Waals surface area contributed by atoms with Gasteiger partial charge in [-0.15, -0.1) is 0 Å². The molecular weight excluding hydrogens is 389 g/mol. The molecule has 0 spiro atoms. The number of hydrogen-bond acceptors (Lipinski definition) is 5. The van der Waals surface area contributed by atoms with Gasteiger partial charge in [0, 0.05) is 19.8 Å². The van der Waals surface area contributed by atoms with Crippen LogP contribution in [0, 0.1) is 5.82 Å². The predicted molar refractivity (Wildman–Crippen MR) is 103 cm³/mol. The third-order valence-corrected chi connectivity index (χ3v) is 5.54. The van der Waals surface area contributed by atoms with Gasteiger partial charge >= 0.3 is 16.2 Å². The van der Waals surface area contributed by atoms with Gasteiger partial charge in [-0.05, 0) is 36.4 Å². The zero-order valence-corrected chi connectivity index (χ0v) is 16.4. The molecule has 0 unspecified atom stereocenters. The molecule has 0 aromatic heterocycles. The molecule has 2 rings (SSSR count). The zero-order chi connectivity index (χ0) is 20.9.